The first-order valence-corrected chi connectivity index (χ1v) is 6.47. The second-order valence-electron chi connectivity index (χ2n) is 5.09. The van der Waals surface area contributed by atoms with Crippen LogP contribution in [0.25, 0.3) is 0 Å². The molecule has 1 N–H and O–H groups in total. The van der Waals surface area contributed by atoms with Crippen molar-refractivity contribution in [1.82, 2.24) is 4.98 Å². The van der Waals surface area contributed by atoms with Gasteiger partial charge in [-0.1, -0.05) is 13.3 Å². The van der Waals surface area contributed by atoms with Crippen molar-refractivity contribution >= 4 is 11.7 Å². The molecule has 0 radical (unpaired) electrons. The van der Waals surface area contributed by atoms with Gasteiger partial charge in [-0.25, -0.2) is 9.78 Å². The molecule has 0 aliphatic heterocycles. The monoisotopic (exact) mass is 248 g/mol. The molecule has 1 aliphatic carbocycles. The van der Waals surface area contributed by atoms with E-state index < -0.39 is 5.97 Å². The fourth-order valence-electron chi connectivity index (χ4n) is 2.53. The maximum Gasteiger partial charge on any atom is 0.356 e. The van der Waals surface area contributed by atoms with Crippen LogP contribution in [0.4, 0.5) is 5.69 Å². The Morgan fingerprint density at radius 3 is 3.06 bits per heavy atom. The minimum atomic E-state index is -0.395. The summed E-state index contributed by atoms with van der Waals surface area (Å²) in [5.74, 6) is 1.20. The molecular weight excluding hydrogens is 228 g/mol. The lowest BCUT2D eigenvalue weighted by molar-refractivity contribution is 0.0594. The summed E-state index contributed by atoms with van der Waals surface area (Å²) < 4.78 is 4.65. The van der Waals surface area contributed by atoms with Crippen molar-refractivity contribution in [3.63, 3.8) is 0 Å². The third kappa shape index (κ3) is 3.22. The number of rotatable bonds is 4. The number of esters is 1. The molecule has 1 aliphatic rings. The van der Waals surface area contributed by atoms with Crippen LogP contribution in [-0.4, -0.2) is 24.6 Å². The predicted molar refractivity (Wildman–Crippen MR) is 70.6 cm³/mol. The maximum atomic E-state index is 11.4. The fraction of sp³-hybridized carbons (Fsp3) is 0.571. The molecular formula is C14H20N2O2. The standard InChI is InChI=1S/C14H20N2O2/c1-10-3-4-11(7-10)9-16-12-5-6-15-13(8-12)14(17)18-2/h5-6,8,10-11H,3-4,7,9H2,1-2H3,(H,15,16). The summed E-state index contributed by atoms with van der Waals surface area (Å²) in [7, 11) is 1.37. The van der Waals surface area contributed by atoms with Gasteiger partial charge < -0.3 is 10.1 Å². The number of carbonyl (C=O) groups is 1. The lowest BCUT2D eigenvalue weighted by Crippen LogP contribution is -2.12. The highest BCUT2D eigenvalue weighted by atomic mass is 16.5. The van der Waals surface area contributed by atoms with Crippen LogP contribution in [0.3, 0.4) is 0 Å². The Labute approximate surface area is 108 Å². The molecule has 0 bridgehead atoms. The third-order valence-corrected chi connectivity index (χ3v) is 3.55. The van der Waals surface area contributed by atoms with Crippen LogP contribution < -0.4 is 5.32 Å². The SMILES string of the molecule is COC(=O)c1cc(NCC2CCC(C)C2)ccn1. The predicted octanol–water partition coefficient (Wildman–Crippen LogP) is 2.72. The molecule has 2 rings (SSSR count). The molecule has 98 valence electrons. The summed E-state index contributed by atoms with van der Waals surface area (Å²) in [6.45, 7) is 3.27. The average Bonchev–Trinajstić information content (AvgIpc) is 2.81. The Hall–Kier alpha value is -1.58. The summed E-state index contributed by atoms with van der Waals surface area (Å²) in [6, 6.07) is 3.62. The zero-order valence-corrected chi connectivity index (χ0v) is 11.0. The van der Waals surface area contributed by atoms with Crippen molar-refractivity contribution in [3.05, 3.63) is 24.0 Å². The molecule has 0 saturated heterocycles. The van der Waals surface area contributed by atoms with Crippen molar-refractivity contribution in [2.45, 2.75) is 26.2 Å². The van der Waals surface area contributed by atoms with E-state index in [1.54, 1.807) is 12.3 Å². The van der Waals surface area contributed by atoms with Crippen molar-refractivity contribution in [2.75, 3.05) is 19.0 Å². The summed E-state index contributed by atoms with van der Waals surface area (Å²) >= 11 is 0. The normalized spacial score (nSPS) is 22.8. The number of nitrogens with zero attached hydrogens (tertiary/aromatic N) is 1. The van der Waals surface area contributed by atoms with Gasteiger partial charge >= 0.3 is 5.97 Å². The summed E-state index contributed by atoms with van der Waals surface area (Å²) in [4.78, 5) is 15.3. The number of pyridine rings is 1. The second kappa shape index (κ2) is 5.85. The quantitative estimate of drug-likeness (QED) is 0.832. The van der Waals surface area contributed by atoms with Crippen LogP contribution in [0, 0.1) is 11.8 Å². The van der Waals surface area contributed by atoms with Crippen LogP contribution >= 0.6 is 0 Å². The van der Waals surface area contributed by atoms with Crippen LogP contribution in [-0.2, 0) is 4.74 Å². The minimum absolute atomic E-state index is 0.349. The second-order valence-corrected chi connectivity index (χ2v) is 5.09. The van der Waals surface area contributed by atoms with Gasteiger partial charge in [-0.05, 0) is 36.8 Å². The molecule has 1 aromatic heterocycles. The van der Waals surface area contributed by atoms with E-state index in [1.807, 2.05) is 6.07 Å². The summed E-state index contributed by atoms with van der Waals surface area (Å²) in [5.41, 5.74) is 1.28. The molecule has 4 nitrogen and oxygen atoms in total. The molecule has 2 atom stereocenters. The highest BCUT2D eigenvalue weighted by Gasteiger charge is 2.20. The molecule has 1 fully saturated rings. The van der Waals surface area contributed by atoms with Gasteiger partial charge in [0.05, 0.1) is 7.11 Å². The zero-order chi connectivity index (χ0) is 13.0. The molecule has 4 heteroatoms. The van der Waals surface area contributed by atoms with E-state index in [4.69, 9.17) is 0 Å². The number of aromatic nitrogens is 1. The zero-order valence-electron chi connectivity index (χ0n) is 11.0. The molecule has 1 aromatic rings. The maximum absolute atomic E-state index is 11.4. The molecule has 1 heterocycles. The van der Waals surface area contributed by atoms with E-state index >= 15 is 0 Å². The van der Waals surface area contributed by atoms with Crippen molar-refractivity contribution < 1.29 is 9.53 Å². The van der Waals surface area contributed by atoms with Gasteiger partial charge in [0.1, 0.15) is 5.69 Å². The minimum Gasteiger partial charge on any atom is -0.464 e. The molecule has 1 saturated carbocycles. The number of nitrogens with one attached hydrogen (secondary N) is 1. The van der Waals surface area contributed by atoms with Gasteiger partial charge in [-0.2, -0.15) is 0 Å². The Balaban J connectivity index is 1.91. The van der Waals surface area contributed by atoms with Gasteiger partial charge in [-0.3, -0.25) is 0 Å². The lowest BCUT2D eigenvalue weighted by atomic mass is 10.1. The van der Waals surface area contributed by atoms with Gasteiger partial charge in [0.25, 0.3) is 0 Å². The summed E-state index contributed by atoms with van der Waals surface area (Å²) in [6.07, 6.45) is 5.55. The molecule has 0 spiro atoms. The van der Waals surface area contributed by atoms with E-state index in [0.29, 0.717) is 5.69 Å². The van der Waals surface area contributed by atoms with Crippen LogP contribution in [0.1, 0.15) is 36.7 Å². The topological polar surface area (TPSA) is 51.2 Å². The number of anilines is 1. The first kappa shape index (κ1) is 12.9. The highest BCUT2D eigenvalue weighted by Crippen LogP contribution is 2.30. The van der Waals surface area contributed by atoms with Gasteiger partial charge in [0.15, 0.2) is 0 Å². The Morgan fingerprint density at radius 1 is 1.56 bits per heavy atom. The average molecular weight is 248 g/mol. The largest absolute Gasteiger partial charge is 0.464 e. The van der Waals surface area contributed by atoms with E-state index in [9.17, 15) is 4.79 Å². The molecule has 0 amide bonds. The number of hydrogen-bond acceptors (Lipinski definition) is 4. The number of methoxy groups -OCH3 is 1. The highest BCUT2D eigenvalue weighted by molar-refractivity contribution is 5.88. The lowest BCUT2D eigenvalue weighted by Gasteiger charge is -2.12. The Morgan fingerprint density at radius 2 is 2.39 bits per heavy atom. The third-order valence-electron chi connectivity index (χ3n) is 3.55. The van der Waals surface area contributed by atoms with Crippen molar-refractivity contribution in [2.24, 2.45) is 11.8 Å². The smallest absolute Gasteiger partial charge is 0.356 e. The number of hydrogen-bond donors (Lipinski definition) is 1. The van der Waals surface area contributed by atoms with Gasteiger partial charge in [0, 0.05) is 18.4 Å². The van der Waals surface area contributed by atoms with E-state index in [2.05, 4.69) is 22.0 Å². The first-order valence-electron chi connectivity index (χ1n) is 6.47. The number of carbonyl (C=O) groups excluding carboxylic acids is 1. The number of ether oxygens (including phenoxy) is 1. The summed E-state index contributed by atoms with van der Waals surface area (Å²) in [5, 5.41) is 3.38. The van der Waals surface area contributed by atoms with Crippen molar-refractivity contribution in [1.29, 1.82) is 0 Å². The first-order chi connectivity index (χ1) is 8.69. The molecule has 0 aromatic carbocycles. The molecule has 2 unspecified atom stereocenters. The van der Waals surface area contributed by atoms with Gasteiger partial charge in [0.2, 0.25) is 0 Å². The van der Waals surface area contributed by atoms with Crippen LogP contribution in [0.15, 0.2) is 18.3 Å². The molecule has 18 heavy (non-hydrogen) atoms. The Bertz CT molecular complexity index is 420. The van der Waals surface area contributed by atoms with Gasteiger partial charge in [-0.15, -0.1) is 0 Å². The Kier molecular flexibility index (Phi) is 4.18. The van der Waals surface area contributed by atoms with E-state index in [-0.39, 0.29) is 0 Å². The van der Waals surface area contributed by atoms with E-state index in [0.717, 1.165) is 24.1 Å². The van der Waals surface area contributed by atoms with Crippen LogP contribution in [0.2, 0.25) is 0 Å². The fourth-order valence-corrected chi connectivity index (χ4v) is 2.53. The van der Waals surface area contributed by atoms with Crippen LogP contribution in [0.5, 0.6) is 0 Å². The van der Waals surface area contributed by atoms with Crippen molar-refractivity contribution in [3.8, 4) is 0 Å². The van der Waals surface area contributed by atoms with E-state index in [1.165, 1.54) is 26.4 Å².